The summed E-state index contributed by atoms with van der Waals surface area (Å²) < 4.78 is 53.9. The van der Waals surface area contributed by atoms with E-state index in [1.165, 1.54) is 33.3 Å². The largest absolute Gasteiger partial charge is 0.455 e. The van der Waals surface area contributed by atoms with Crippen molar-refractivity contribution in [3.63, 3.8) is 0 Å². The number of ether oxygens (including phenoxy) is 9. The Morgan fingerprint density at radius 2 is 1.56 bits per heavy atom. The van der Waals surface area contributed by atoms with Crippen LogP contribution in [0.25, 0.3) is 0 Å². The second kappa shape index (κ2) is 20.9. The zero-order valence-corrected chi connectivity index (χ0v) is 41.6. The molecule has 2 aromatic carbocycles. The minimum Gasteiger partial charge on any atom is -0.455 e. The van der Waals surface area contributed by atoms with E-state index in [-0.39, 0.29) is 48.3 Å². The average Bonchev–Trinajstić information content (AvgIpc) is 3.29. The van der Waals surface area contributed by atoms with Crippen LogP contribution in [0, 0.1) is 16.7 Å². The van der Waals surface area contributed by atoms with Crippen LogP contribution in [0.3, 0.4) is 0 Å². The average molecular weight is 979 g/mol. The molecule has 70 heavy (non-hydrogen) atoms. The summed E-state index contributed by atoms with van der Waals surface area (Å²) in [6, 6.07) is 14.6. The van der Waals surface area contributed by atoms with E-state index in [0.29, 0.717) is 0 Å². The molecule has 2 bridgehead atoms. The third kappa shape index (κ3) is 10.2. The van der Waals surface area contributed by atoms with E-state index in [0.717, 1.165) is 0 Å². The van der Waals surface area contributed by atoms with Crippen LogP contribution in [-0.2, 0) is 66.6 Å². The maximum atomic E-state index is 15.8. The van der Waals surface area contributed by atoms with Gasteiger partial charge >= 0.3 is 35.9 Å². The summed E-state index contributed by atoms with van der Waals surface area (Å²) in [6.45, 7) is 11.7. The first-order valence-corrected chi connectivity index (χ1v) is 23.2. The number of alkyl carbamates (subject to hydrolysis) is 1. The number of benzene rings is 2. The number of rotatable bonds is 16. The highest BCUT2D eigenvalue weighted by atomic mass is 16.6. The quantitative estimate of drug-likeness (QED) is 0.121. The van der Waals surface area contributed by atoms with Crippen molar-refractivity contribution in [2.75, 3.05) is 41.0 Å². The highest BCUT2D eigenvalue weighted by Gasteiger charge is 2.78. The number of carbonyl (C=O) groups is 7. The molecule has 11 atom stereocenters. The molecule has 19 nitrogen and oxygen atoms in total. The van der Waals surface area contributed by atoms with E-state index in [1.54, 1.807) is 104 Å². The SMILES string of the molecule is CNCCC(=O)OCC(=O)O[C@@H](C(=O)O[C@H]1C[C@@]2(O)[C@@H](OC(=O)c3ccccc3)[C@@H]3[C@]4(OC(C)=O)CO[C@@H]4C[C@H](OC)[C@@]3(C)C(=O)[C@H](OC)C(=C1C)C2(C)C)[C@@H](NC(=O)OC(C)(C)C)c1ccccc1. The minimum absolute atomic E-state index is 0.0769. The Balaban J connectivity index is 1.53. The molecule has 1 heterocycles. The van der Waals surface area contributed by atoms with Crippen LogP contribution in [0.4, 0.5) is 4.79 Å². The molecule has 2 aromatic rings. The molecule has 4 aliphatic rings. The zero-order chi connectivity index (χ0) is 51.6. The Kier molecular flexibility index (Phi) is 16.0. The van der Waals surface area contributed by atoms with Crippen molar-refractivity contribution in [3.8, 4) is 0 Å². The summed E-state index contributed by atoms with van der Waals surface area (Å²) in [5.41, 5.74) is -7.46. The predicted octanol–water partition coefficient (Wildman–Crippen LogP) is 4.27. The van der Waals surface area contributed by atoms with Crippen LogP contribution < -0.4 is 10.6 Å². The van der Waals surface area contributed by atoms with Crippen LogP contribution >= 0.6 is 0 Å². The van der Waals surface area contributed by atoms with Gasteiger partial charge in [0.2, 0.25) is 6.10 Å². The first kappa shape index (κ1) is 53.6. The molecule has 0 aromatic heterocycles. The fraction of sp³-hybridized carbons (Fsp3) is 0.588. The summed E-state index contributed by atoms with van der Waals surface area (Å²) in [6.07, 6.45) is -10.1. The van der Waals surface area contributed by atoms with Gasteiger partial charge in [-0.1, -0.05) is 62.4 Å². The summed E-state index contributed by atoms with van der Waals surface area (Å²) in [5.74, 6) is -6.72. The number of methoxy groups -OCH3 is 2. The van der Waals surface area contributed by atoms with Gasteiger partial charge in [0.1, 0.15) is 41.7 Å². The monoisotopic (exact) mass is 978 g/mol. The number of Topliss-reactive ketones (excluding diaryl/α,β-unsaturated/α-hetero) is 1. The van der Waals surface area contributed by atoms with E-state index in [9.17, 15) is 29.1 Å². The Labute approximate surface area is 407 Å². The number of fused-ring (bicyclic) bond motifs is 5. The minimum atomic E-state index is -2.33. The third-order valence-corrected chi connectivity index (χ3v) is 14.2. The second-order valence-electron chi connectivity index (χ2n) is 20.0. The van der Waals surface area contributed by atoms with E-state index in [2.05, 4.69) is 10.6 Å². The number of hydrogen-bond acceptors (Lipinski definition) is 18. The number of hydrogen-bond donors (Lipinski definition) is 3. The molecule has 0 unspecified atom stereocenters. The van der Waals surface area contributed by atoms with Crippen LogP contribution in [-0.4, -0.2) is 141 Å². The zero-order valence-electron chi connectivity index (χ0n) is 41.6. The number of carbonyl (C=O) groups excluding carboxylic acids is 7. The van der Waals surface area contributed by atoms with Crippen LogP contribution in [0.15, 0.2) is 71.8 Å². The summed E-state index contributed by atoms with van der Waals surface area (Å²) in [5, 5.41) is 19.4. The number of nitrogens with one attached hydrogen (secondary N) is 2. The molecule has 2 saturated carbocycles. The number of esters is 5. The fourth-order valence-electron chi connectivity index (χ4n) is 10.8. The van der Waals surface area contributed by atoms with Crippen molar-refractivity contribution in [2.24, 2.45) is 16.7 Å². The van der Waals surface area contributed by atoms with Gasteiger partial charge in [-0.05, 0) is 70.5 Å². The molecule has 382 valence electrons. The van der Waals surface area contributed by atoms with Crippen molar-refractivity contribution >= 4 is 41.7 Å². The number of ketones is 1. The van der Waals surface area contributed by atoms with Crippen molar-refractivity contribution < 1.29 is 81.3 Å². The number of amides is 1. The highest BCUT2D eigenvalue weighted by Crippen LogP contribution is 2.65. The lowest BCUT2D eigenvalue weighted by molar-refractivity contribution is -0.347. The lowest BCUT2D eigenvalue weighted by Gasteiger charge is -2.67. The summed E-state index contributed by atoms with van der Waals surface area (Å²) >= 11 is 0. The van der Waals surface area contributed by atoms with Crippen molar-refractivity contribution in [2.45, 2.75) is 134 Å². The van der Waals surface area contributed by atoms with Gasteiger partial charge in [0.05, 0.1) is 36.0 Å². The van der Waals surface area contributed by atoms with Crippen molar-refractivity contribution in [1.82, 2.24) is 10.6 Å². The first-order chi connectivity index (χ1) is 32.9. The van der Waals surface area contributed by atoms with Crippen LogP contribution in [0.2, 0.25) is 0 Å². The maximum absolute atomic E-state index is 15.8. The Morgan fingerprint density at radius 1 is 0.914 bits per heavy atom. The van der Waals surface area contributed by atoms with Gasteiger partial charge < -0.3 is 58.4 Å². The second-order valence-corrected chi connectivity index (χ2v) is 20.0. The van der Waals surface area contributed by atoms with Gasteiger partial charge in [-0.3, -0.25) is 14.4 Å². The number of aliphatic hydroxyl groups is 1. The van der Waals surface area contributed by atoms with Gasteiger partial charge in [-0.15, -0.1) is 0 Å². The van der Waals surface area contributed by atoms with Gasteiger partial charge in [0.25, 0.3) is 0 Å². The Bertz CT molecular complexity index is 2330. The van der Waals surface area contributed by atoms with E-state index in [4.69, 9.17) is 42.6 Å². The molecular weight excluding hydrogens is 913 g/mol. The molecular formula is C51H66N2O17. The lowest BCUT2D eigenvalue weighted by Crippen LogP contribution is -2.82. The smallest absolute Gasteiger partial charge is 0.408 e. The Hall–Kier alpha value is -5.73. The lowest BCUT2D eigenvalue weighted by atomic mass is 9.44. The Morgan fingerprint density at radius 3 is 2.11 bits per heavy atom. The molecule has 1 saturated heterocycles. The van der Waals surface area contributed by atoms with E-state index >= 15 is 9.59 Å². The summed E-state index contributed by atoms with van der Waals surface area (Å²) in [4.78, 5) is 98.1. The van der Waals surface area contributed by atoms with Crippen LogP contribution in [0.5, 0.6) is 0 Å². The molecule has 0 radical (unpaired) electrons. The van der Waals surface area contributed by atoms with Gasteiger partial charge in [0, 0.05) is 45.9 Å². The summed E-state index contributed by atoms with van der Waals surface area (Å²) in [7, 11) is 4.36. The van der Waals surface area contributed by atoms with Gasteiger partial charge in [0.15, 0.2) is 18.0 Å². The molecule has 3 aliphatic carbocycles. The molecule has 3 N–H and O–H groups in total. The van der Waals surface area contributed by atoms with Crippen molar-refractivity contribution in [3.05, 3.63) is 82.9 Å². The molecule has 19 heteroatoms. The highest BCUT2D eigenvalue weighted by molar-refractivity contribution is 5.94. The molecule has 0 spiro atoms. The van der Waals surface area contributed by atoms with E-state index < -0.39 is 131 Å². The van der Waals surface area contributed by atoms with Gasteiger partial charge in [-0.25, -0.2) is 19.2 Å². The molecule has 1 amide bonds. The topological polar surface area (TPSA) is 247 Å². The molecule has 6 rings (SSSR count). The first-order valence-electron chi connectivity index (χ1n) is 23.2. The van der Waals surface area contributed by atoms with Crippen molar-refractivity contribution in [1.29, 1.82) is 0 Å². The maximum Gasteiger partial charge on any atom is 0.408 e. The fourth-order valence-corrected chi connectivity index (χ4v) is 10.8. The van der Waals surface area contributed by atoms with E-state index in [1.807, 2.05) is 0 Å². The molecule has 1 aliphatic heterocycles. The molecule has 3 fully saturated rings. The van der Waals surface area contributed by atoms with Crippen LogP contribution in [0.1, 0.15) is 96.6 Å². The standard InChI is InChI=1S/C51H66N2O17/c1-28-32(66-45(59)40(67-36(56)26-64-35(55)22-23-52-9)38(30-18-14-12-15-19-30)53-46(60)70-47(3,4)5)25-51(61)43(68-44(58)31-20-16-13-17-21-31)41-49(8,42(57)39(63-11)37(28)48(51,6)7)33(62-10)24-34-50(41,27-65-34)69-29(2)54/h12-21,32-34,38-41,43,52,61H,22-27H2,1-11H3,(H,53,60)/t32-,33-,34+,38-,39+,40+,41-,43-,49+,50-,51+/m0/s1. The van der Waals surface area contributed by atoms with Gasteiger partial charge in [-0.2, -0.15) is 0 Å². The third-order valence-electron chi connectivity index (χ3n) is 14.2. The predicted molar refractivity (Wildman–Crippen MR) is 247 cm³/mol. The normalized spacial score (nSPS) is 29.7.